The maximum Gasteiger partial charge on any atom is 0.313 e. The van der Waals surface area contributed by atoms with Gasteiger partial charge in [-0.3, -0.25) is 9.59 Å². The van der Waals surface area contributed by atoms with Gasteiger partial charge in [0.25, 0.3) is 5.91 Å². The van der Waals surface area contributed by atoms with E-state index in [1.165, 1.54) is 13.1 Å². The summed E-state index contributed by atoms with van der Waals surface area (Å²) in [6.07, 6.45) is 0.887. The number of aromatic nitrogens is 1. The Kier molecular flexibility index (Phi) is 5.64. The van der Waals surface area contributed by atoms with Crippen LogP contribution in [0, 0.1) is 5.92 Å². The molecule has 0 unspecified atom stereocenters. The van der Waals surface area contributed by atoms with E-state index in [2.05, 4.69) is 10.3 Å². The molecule has 0 aliphatic carbocycles. The summed E-state index contributed by atoms with van der Waals surface area (Å²) >= 11 is 11.7. The first-order chi connectivity index (χ1) is 12.4. The lowest BCUT2D eigenvalue weighted by Gasteiger charge is -2.25. The smallest absolute Gasteiger partial charge is 0.313 e. The SMILES string of the molecule is C[C@@H](OC(=O)[C@@H]1COc2ccc(Cl)cc2C1)C(=O)Nc1ccc(Cl)cn1. The second kappa shape index (κ2) is 7.93. The van der Waals surface area contributed by atoms with Crippen molar-refractivity contribution >= 4 is 40.9 Å². The first-order valence-corrected chi connectivity index (χ1v) is 8.72. The molecule has 0 saturated heterocycles. The van der Waals surface area contributed by atoms with Crippen molar-refractivity contribution < 1.29 is 19.1 Å². The Balaban J connectivity index is 1.57. The number of anilines is 1. The average molecular weight is 395 g/mol. The van der Waals surface area contributed by atoms with Crippen molar-refractivity contribution in [2.24, 2.45) is 5.92 Å². The Labute approximate surface area is 160 Å². The first-order valence-electron chi connectivity index (χ1n) is 7.96. The van der Waals surface area contributed by atoms with Crippen LogP contribution in [0.4, 0.5) is 5.82 Å². The Morgan fingerprint density at radius 1 is 1.27 bits per heavy atom. The number of hydrogen-bond donors (Lipinski definition) is 1. The quantitative estimate of drug-likeness (QED) is 0.802. The lowest BCUT2D eigenvalue weighted by molar-refractivity contribution is -0.158. The van der Waals surface area contributed by atoms with Gasteiger partial charge in [0.05, 0.1) is 10.9 Å². The van der Waals surface area contributed by atoms with Crippen LogP contribution < -0.4 is 10.1 Å². The minimum Gasteiger partial charge on any atom is -0.492 e. The van der Waals surface area contributed by atoms with Gasteiger partial charge in [-0.05, 0) is 49.2 Å². The maximum atomic E-state index is 12.4. The average Bonchev–Trinajstić information content (AvgIpc) is 2.62. The van der Waals surface area contributed by atoms with Crippen LogP contribution in [-0.2, 0) is 20.7 Å². The minimum absolute atomic E-state index is 0.195. The van der Waals surface area contributed by atoms with E-state index in [0.29, 0.717) is 28.0 Å². The third-order valence-corrected chi connectivity index (χ3v) is 4.36. The van der Waals surface area contributed by atoms with Crippen molar-refractivity contribution in [3.05, 3.63) is 52.1 Å². The van der Waals surface area contributed by atoms with Crippen LogP contribution in [0.3, 0.4) is 0 Å². The molecule has 0 saturated carbocycles. The Bertz CT molecular complexity index is 826. The van der Waals surface area contributed by atoms with Gasteiger partial charge in [0.2, 0.25) is 0 Å². The highest BCUT2D eigenvalue weighted by molar-refractivity contribution is 6.30. The fourth-order valence-corrected chi connectivity index (χ4v) is 2.82. The highest BCUT2D eigenvalue weighted by atomic mass is 35.5. The summed E-state index contributed by atoms with van der Waals surface area (Å²) in [5.41, 5.74) is 0.841. The third-order valence-electron chi connectivity index (χ3n) is 3.90. The molecule has 3 rings (SSSR count). The number of rotatable bonds is 4. The number of benzene rings is 1. The third kappa shape index (κ3) is 4.45. The molecule has 1 N–H and O–H groups in total. The number of hydrogen-bond acceptors (Lipinski definition) is 5. The van der Waals surface area contributed by atoms with Crippen LogP contribution in [-0.4, -0.2) is 29.6 Å². The predicted molar refractivity (Wildman–Crippen MR) is 97.6 cm³/mol. The molecule has 6 nitrogen and oxygen atoms in total. The number of amides is 1. The van der Waals surface area contributed by atoms with Gasteiger partial charge in [-0.2, -0.15) is 0 Å². The van der Waals surface area contributed by atoms with E-state index in [-0.39, 0.29) is 6.61 Å². The fraction of sp³-hybridized carbons (Fsp3) is 0.278. The predicted octanol–water partition coefficient (Wildman–Crippen LogP) is 3.51. The standard InChI is InChI=1S/C18H16Cl2N2O4/c1-10(17(23)22-16-5-3-14(20)8-21-16)26-18(24)12-6-11-7-13(19)2-4-15(11)25-9-12/h2-5,7-8,10,12H,6,9H2,1H3,(H,21,22,23)/t10-,12+/m1/s1. The van der Waals surface area contributed by atoms with Gasteiger partial charge < -0.3 is 14.8 Å². The number of nitrogens with zero attached hydrogens (tertiary/aromatic N) is 1. The Morgan fingerprint density at radius 3 is 2.77 bits per heavy atom. The summed E-state index contributed by atoms with van der Waals surface area (Å²) in [7, 11) is 0. The molecule has 8 heteroatoms. The van der Waals surface area contributed by atoms with E-state index < -0.39 is 23.9 Å². The highest BCUT2D eigenvalue weighted by Crippen LogP contribution is 2.30. The second-order valence-electron chi connectivity index (χ2n) is 5.89. The highest BCUT2D eigenvalue weighted by Gasteiger charge is 2.30. The van der Waals surface area contributed by atoms with Crippen molar-refractivity contribution in [3.63, 3.8) is 0 Å². The number of carbonyl (C=O) groups excluding carboxylic acids is 2. The van der Waals surface area contributed by atoms with Gasteiger partial charge in [-0.25, -0.2) is 4.98 Å². The normalized spacial score (nSPS) is 16.8. The molecule has 0 radical (unpaired) electrons. The monoisotopic (exact) mass is 394 g/mol. The molecule has 0 spiro atoms. The van der Waals surface area contributed by atoms with Gasteiger partial charge in [-0.1, -0.05) is 23.2 Å². The van der Waals surface area contributed by atoms with E-state index in [1.807, 2.05) is 0 Å². The molecular weight excluding hydrogens is 379 g/mol. The molecule has 136 valence electrons. The molecule has 2 atom stereocenters. The van der Waals surface area contributed by atoms with Crippen LogP contribution in [0.25, 0.3) is 0 Å². The first kappa shape index (κ1) is 18.5. The number of pyridine rings is 1. The number of fused-ring (bicyclic) bond motifs is 1. The summed E-state index contributed by atoms with van der Waals surface area (Å²) in [6, 6.07) is 8.43. The summed E-state index contributed by atoms with van der Waals surface area (Å²) in [6.45, 7) is 1.69. The Morgan fingerprint density at radius 2 is 2.04 bits per heavy atom. The van der Waals surface area contributed by atoms with Crippen molar-refractivity contribution in [2.45, 2.75) is 19.4 Å². The summed E-state index contributed by atoms with van der Waals surface area (Å²) in [5, 5.41) is 3.60. The number of nitrogens with one attached hydrogen (secondary N) is 1. The van der Waals surface area contributed by atoms with Crippen LogP contribution in [0.1, 0.15) is 12.5 Å². The molecule has 1 aliphatic rings. The fourth-order valence-electron chi connectivity index (χ4n) is 2.52. The minimum atomic E-state index is -0.972. The van der Waals surface area contributed by atoms with Crippen molar-refractivity contribution in [1.29, 1.82) is 0 Å². The zero-order valence-corrected chi connectivity index (χ0v) is 15.4. The van der Waals surface area contributed by atoms with Gasteiger partial charge in [0.15, 0.2) is 6.10 Å². The zero-order chi connectivity index (χ0) is 18.7. The summed E-state index contributed by atoms with van der Waals surface area (Å²) < 4.78 is 10.9. The summed E-state index contributed by atoms with van der Waals surface area (Å²) in [4.78, 5) is 28.5. The van der Waals surface area contributed by atoms with E-state index in [1.54, 1.807) is 30.3 Å². The largest absolute Gasteiger partial charge is 0.492 e. The topological polar surface area (TPSA) is 77.5 Å². The molecule has 2 aromatic rings. The molecule has 1 aliphatic heterocycles. The van der Waals surface area contributed by atoms with E-state index >= 15 is 0 Å². The lowest BCUT2D eigenvalue weighted by Crippen LogP contribution is -2.36. The van der Waals surface area contributed by atoms with Crippen molar-refractivity contribution in [3.8, 4) is 5.75 Å². The molecule has 0 fully saturated rings. The van der Waals surface area contributed by atoms with Gasteiger partial charge in [0, 0.05) is 11.2 Å². The molecule has 26 heavy (non-hydrogen) atoms. The summed E-state index contributed by atoms with van der Waals surface area (Å²) in [5.74, 6) is -0.439. The second-order valence-corrected chi connectivity index (χ2v) is 6.77. The van der Waals surface area contributed by atoms with Crippen LogP contribution in [0.15, 0.2) is 36.5 Å². The molecule has 1 amide bonds. The lowest BCUT2D eigenvalue weighted by atomic mass is 9.97. The van der Waals surface area contributed by atoms with E-state index in [4.69, 9.17) is 32.7 Å². The Hall–Kier alpha value is -2.31. The number of carbonyl (C=O) groups is 2. The molecule has 1 aromatic heterocycles. The van der Waals surface area contributed by atoms with Gasteiger partial charge in [-0.15, -0.1) is 0 Å². The zero-order valence-electron chi connectivity index (χ0n) is 13.9. The van der Waals surface area contributed by atoms with Gasteiger partial charge >= 0.3 is 5.97 Å². The van der Waals surface area contributed by atoms with Crippen LogP contribution in [0.2, 0.25) is 10.0 Å². The molecule has 0 bridgehead atoms. The van der Waals surface area contributed by atoms with Crippen LogP contribution >= 0.6 is 23.2 Å². The number of ether oxygens (including phenoxy) is 2. The number of esters is 1. The van der Waals surface area contributed by atoms with Gasteiger partial charge in [0.1, 0.15) is 18.2 Å². The van der Waals surface area contributed by atoms with Crippen LogP contribution in [0.5, 0.6) is 5.75 Å². The molecule has 2 heterocycles. The molecule has 1 aromatic carbocycles. The van der Waals surface area contributed by atoms with E-state index in [9.17, 15) is 9.59 Å². The maximum absolute atomic E-state index is 12.4. The number of halogens is 2. The molecular formula is C18H16Cl2N2O4. The van der Waals surface area contributed by atoms with Crippen molar-refractivity contribution in [2.75, 3.05) is 11.9 Å². The van der Waals surface area contributed by atoms with Crippen molar-refractivity contribution in [1.82, 2.24) is 4.98 Å². The van der Waals surface area contributed by atoms with E-state index in [0.717, 1.165) is 5.56 Å².